The highest BCUT2D eigenvalue weighted by atomic mass is 13.8. The molecule has 1 heteroatoms. The summed E-state index contributed by atoms with van der Waals surface area (Å²) < 4.78 is 0. The quantitative estimate of drug-likeness (QED) is 0.494. The Hall–Kier alpha value is -1.50. The summed E-state index contributed by atoms with van der Waals surface area (Å²) in [6, 6.07) is 10.3. The van der Waals surface area contributed by atoms with Gasteiger partial charge in [-0.05, 0) is 6.92 Å². The van der Waals surface area contributed by atoms with Crippen LogP contribution in [-0.2, 0) is 0 Å². The van der Waals surface area contributed by atoms with Crippen LogP contribution in [0.5, 0.6) is 0 Å². The second-order valence-corrected chi connectivity index (χ2v) is 2.96. The van der Waals surface area contributed by atoms with E-state index in [1.807, 2.05) is 37.3 Å². The maximum Gasteiger partial charge on any atom is 0.191 e. The fourth-order valence-corrected chi connectivity index (χ4v) is 1.22. The molecule has 0 unspecified atom stereocenters. The van der Waals surface area contributed by atoms with Gasteiger partial charge in [0.05, 0.1) is 0 Å². The molecular weight excluding hydrogens is 167 g/mol. The minimum atomic E-state index is 1.16. The largest absolute Gasteiger partial charge is 0.191 e. The van der Waals surface area contributed by atoms with E-state index in [0.29, 0.717) is 0 Å². The second-order valence-electron chi connectivity index (χ2n) is 2.96. The lowest BCUT2D eigenvalue weighted by atomic mass is 9.63. The summed E-state index contributed by atoms with van der Waals surface area (Å²) in [5.74, 6) is 0. The Labute approximate surface area is 86.9 Å². The van der Waals surface area contributed by atoms with Gasteiger partial charge < -0.3 is 0 Å². The Morgan fingerprint density at radius 3 is 2.57 bits per heavy atom. The third-order valence-corrected chi connectivity index (χ3v) is 1.80. The Morgan fingerprint density at radius 1 is 1.29 bits per heavy atom. The molecule has 14 heavy (non-hydrogen) atoms. The molecule has 1 radical (unpaired) electrons. The predicted octanol–water partition coefficient (Wildman–Crippen LogP) is 2.66. The van der Waals surface area contributed by atoms with Crippen LogP contribution in [0.15, 0.2) is 66.7 Å². The van der Waals surface area contributed by atoms with Gasteiger partial charge in [0.15, 0.2) is 7.28 Å². The zero-order valence-electron chi connectivity index (χ0n) is 8.48. The van der Waals surface area contributed by atoms with E-state index in [2.05, 4.69) is 32.1 Å². The summed E-state index contributed by atoms with van der Waals surface area (Å²) in [6.07, 6.45) is 7.88. The molecule has 69 valence electrons. The summed E-state index contributed by atoms with van der Waals surface area (Å²) in [7, 11) is 2.13. The lowest BCUT2D eigenvalue weighted by molar-refractivity contribution is 1.69. The van der Waals surface area contributed by atoms with Crippen molar-refractivity contribution in [2.45, 2.75) is 6.92 Å². The lowest BCUT2D eigenvalue weighted by Gasteiger charge is -1.99. The van der Waals surface area contributed by atoms with Gasteiger partial charge in [0, 0.05) is 0 Å². The number of allylic oxidation sites excluding steroid dienone is 5. The molecule has 0 aliphatic rings. The summed E-state index contributed by atoms with van der Waals surface area (Å²) in [5, 5.41) is 0. The van der Waals surface area contributed by atoms with Crippen molar-refractivity contribution < 1.29 is 0 Å². The van der Waals surface area contributed by atoms with E-state index in [1.54, 1.807) is 6.08 Å². The molecule has 0 amide bonds. The maximum atomic E-state index is 3.69. The summed E-state index contributed by atoms with van der Waals surface area (Å²) in [5.41, 5.74) is 2.37. The number of hydrogen-bond acceptors (Lipinski definition) is 0. The van der Waals surface area contributed by atoms with Gasteiger partial charge in [-0.3, -0.25) is 0 Å². The zero-order valence-corrected chi connectivity index (χ0v) is 8.48. The van der Waals surface area contributed by atoms with Gasteiger partial charge in [-0.2, -0.15) is 0 Å². The normalized spacial score (nSPS) is 11.6. The fourth-order valence-electron chi connectivity index (χ4n) is 1.22. The van der Waals surface area contributed by atoms with E-state index in [1.165, 1.54) is 5.46 Å². The highest BCUT2D eigenvalue weighted by molar-refractivity contribution is 6.61. The molecule has 1 rings (SSSR count). The van der Waals surface area contributed by atoms with Gasteiger partial charge in [0.25, 0.3) is 0 Å². The topological polar surface area (TPSA) is 0 Å². The van der Waals surface area contributed by atoms with Crippen LogP contribution in [0.4, 0.5) is 0 Å². The molecule has 0 N–H and O–H groups in total. The standard InChI is InChI=1S/C13H14B/c1-3-8-12(9-4-2)14-13-10-6-5-7-11-13/h3-11H,1H2,2H3/b9-4-,12-8+. The molecule has 1 aromatic rings. The van der Waals surface area contributed by atoms with Crippen LogP contribution >= 0.6 is 0 Å². The molecule has 0 saturated heterocycles. The number of rotatable bonds is 4. The first-order chi connectivity index (χ1) is 6.86. The van der Waals surface area contributed by atoms with Crippen LogP contribution in [0, 0.1) is 0 Å². The van der Waals surface area contributed by atoms with Crippen LogP contribution in [0.2, 0.25) is 0 Å². The van der Waals surface area contributed by atoms with Gasteiger partial charge in [0.1, 0.15) is 0 Å². The number of benzene rings is 1. The molecule has 1 aromatic carbocycles. The Balaban J connectivity index is 2.75. The summed E-state index contributed by atoms with van der Waals surface area (Å²) in [4.78, 5) is 0. The van der Waals surface area contributed by atoms with Gasteiger partial charge >= 0.3 is 0 Å². The first kappa shape index (κ1) is 10.6. The Morgan fingerprint density at radius 2 is 2.00 bits per heavy atom. The lowest BCUT2D eigenvalue weighted by Crippen LogP contribution is -2.14. The molecular formula is C13H14B. The van der Waals surface area contributed by atoms with E-state index in [9.17, 15) is 0 Å². The average molecular weight is 181 g/mol. The summed E-state index contributed by atoms with van der Waals surface area (Å²) >= 11 is 0. The van der Waals surface area contributed by atoms with Gasteiger partial charge in [-0.1, -0.05) is 72.2 Å². The fraction of sp³-hybridized carbons (Fsp3) is 0.0769. The molecule has 0 saturated carbocycles. The van der Waals surface area contributed by atoms with Crippen LogP contribution in [-0.4, -0.2) is 7.28 Å². The molecule has 0 nitrogen and oxygen atoms in total. The third kappa shape index (κ3) is 3.48. The molecule has 0 aromatic heterocycles. The summed E-state index contributed by atoms with van der Waals surface area (Å²) in [6.45, 7) is 5.70. The zero-order chi connectivity index (χ0) is 10.2. The van der Waals surface area contributed by atoms with Crippen molar-refractivity contribution in [3.8, 4) is 0 Å². The molecule has 0 atom stereocenters. The van der Waals surface area contributed by atoms with Crippen molar-refractivity contribution in [2.75, 3.05) is 0 Å². The van der Waals surface area contributed by atoms with Crippen LogP contribution in [0.1, 0.15) is 6.92 Å². The number of hydrogen-bond donors (Lipinski definition) is 0. The first-order valence-corrected chi connectivity index (χ1v) is 4.72. The minimum absolute atomic E-state index is 1.16. The second kappa shape index (κ2) is 6.03. The van der Waals surface area contributed by atoms with E-state index in [0.717, 1.165) is 5.47 Å². The Kier molecular flexibility index (Phi) is 4.56. The molecule has 0 fully saturated rings. The molecule has 0 spiro atoms. The minimum Gasteiger partial charge on any atom is -0.0991 e. The SMILES string of the molecule is C=C/C=C([B]c1ccccc1)\C=C/C. The van der Waals surface area contributed by atoms with Crippen molar-refractivity contribution >= 4 is 12.7 Å². The molecule has 0 heterocycles. The van der Waals surface area contributed by atoms with Crippen LogP contribution < -0.4 is 5.46 Å². The van der Waals surface area contributed by atoms with Crippen molar-refractivity contribution in [1.29, 1.82) is 0 Å². The highest BCUT2D eigenvalue weighted by Crippen LogP contribution is 1.96. The third-order valence-electron chi connectivity index (χ3n) is 1.80. The highest BCUT2D eigenvalue weighted by Gasteiger charge is 1.96. The predicted molar refractivity (Wildman–Crippen MR) is 64.9 cm³/mol. The van der Waals surface area contributed by atoms with Gasteiger partial charge in [-0.25, -0.2) is 0 Å². The average Bonchev–Trinajstić information content (AvgIpc) is 2.20. The maximum absolute atomic E-state index is 3.69. The van der Waals surface area contributed by atoms with Crippen LogP contribution in [0.3, 0.4) is 0 Å². The van der Waals surface area contributed by atoms with Gasteiger partial charge in [0.2, 0.25) is 0 Å². The monoisotopic (exact) mass is 181 g/mol. The molecule has 0 bridgehead atoms. The van der Waals surface area contributed by atoms with Crippen molar-refractivity contribution in [3.63, 3.8) is 0 Å². The van der Waals surface area contributed by atoms with Crippen molar-refractivity contribution in [2.24, 2.45) is 0 Å². The Bertz CT molecular complexity index is 334. The van der Waals surface area contributed by atoms with Crippen molar-refractivity contribution in [1.82, 2.24) is 0 Å². The van der Waals surface area contributed by atoms with E-state index in [4.69, 9.17) is 0 Å². The van der Waals surface area contributed by atoms with Gasteiger partial charge in [-0.15, -0.1) is 0 Å². The smallest absolute Gasteiger partial charge is 0.0991 e. The van der Waals surface area contributed by atoms with Crippen molar-refractivity contribution in [3.05, 3.63) is 66.7 Å². The van der Waals surface area contributed by atoms with E-state index >= 15 is 0 Å². The van der Waals surface area contributed by atoms with E-state index in [-0.39, 0.29) is 0 Å². The first-order valence-electron chi connectivity index (χ1n) is 4.72. The molecule has 0 aliphatic carbocycles. The van der Waals surface area contributed by atoms with Crippen LogP contribution in [0.25, 0.3) is 0 Å². The molecule has 0 aliphatic heterocycles. The van der Waals surface area contributed by atoms with E-state index < -0.39 is 0 Å².